The first-order chi connectivity index (χ1) is 10.6. The van der Waals surface area contributed by atoms with Gasteiger partial charge in [-0.1, -0.05) is 0 Å². The number of nitro groups is 1. The average molecular weight is 339 g/mol. The third-order valence-electron chi connectivity index (χ3n) is 4.61. The summed E-state index contributed by atoms with van der Waals surface area (Å²) in [6, 6.07) is 4.33. The molecule has 124 valence electrons. The van der Waals surface area contributed by atoms with Crippen molar-refractivity contribution in [3.63, 3.8) is 0 Å². The van der Waals surface area contributed by atoms with Crippen molar-refractivity contribution in [2.45, 2.75) is 30.7 Å². The zero-order valence-electron chi connectivity index (χ0n) is 12.8. The molecule has 8 nitrogen and oxygen atoms in total. The van der Waals surface area contributed by atoms with E-state index in [-0.39, 0.29) is 30.5 Å². The molecule has 0 aromatic heterocycles. The standard InChI is InChI=1S/C14H17N3O5S/c1-13(2)12(15)16-14(8-23(13,20)21)7-22-6-9-3-4-10(17(18)19)5-11(9)14/h3-5H,6-8H2,1-2H3,(H2,15,16)/t14-/m0/s1. The number of nitrogens with zero attached hydrogens (tertiary/aromatic N) is 1. The minimum atomic E-state index is -3.63. The van der Waals surface area contributed by atoms with Crippen LogP contribution in [0.1, 0.15) is 25.0 Å². The minimum Gasteiger partial charge on any atom is -0.374 e. The fourth-order valence-corrected chi connectivity index (χ4v) is 4.65. The summed E-state index contributed by atoms with van der Waals surface area (Å²) < 4.78 is 29.5. The molecule has 1 aromatic carbocycles. The lowest BCUT2D eigenvalue weighted by molar-refractivity contribution is -0.385. The predicted octanol–water partition coefficient (Wildman–Crippen LogP) is 1.09. The number of nitro benzene ring substituents is 1. The molecular formula is C14H17N3O5S. The Labute approximate surface area is 133 Å². The first-order valence-corrected chi connectivity index (χ1v) is 8.69. The molecule has 2 aliphatic rings. The molecule has 0 amide bonds. The Bertz CT molecular complexity index is 818. The van der Waals surface area contributed by atoms with E-state index in [2.05, 4.69) is 5.32 Å². The predicted molar refractivity (Wildman–Crippen MR) is 83.2 cm³/mol. The lowest BCUT2D eigenvalue weighted by Gasteiger charge is -2.47. The summed E-state index contributed by atoms with van der Waals surface area (Å²) in [6.07, 6.45) is 0. The molecule has 1 saturated heterocycles. The van der Waals surface area contributed by atoms with E-state index in [1.165, 1.54) is 26.0 Å². The summed E-state index contributed by atoms with van der Waals surface area (Å²) in [6.45, 7) is 3.25. The summed E-state index contributed by atoms with van der Waals surface area (Å²) in [5.41, 5.74) is -0.0650. The van der Waals surface area contributed by atoms with E-state index < -0.39 is 25.0 Å². The van der Waals surface area contributed by atoms with Crippen LogP contribution in [0.3, 0.4) is 0 Å². The number of amidine groups is 1. The van der Waals surface area contributed by atoms with Crippen LogP contribution in [0.5, 0.6) is 0 Å². The second-order valence-electron chi connectivity index (χ2n) is 6.44. The third kappa shape index (κ3) is 2.22. The first-order valence-electron chi connectivity index (χ1n) is 7.04. The van der Waals surface area contributed by atoms with Crippen LogP contribution < -0.4 is 5.32 Å². The number of hydrogen-bond acceptors (Lipinski definition) is 6. The SMILES string of the molecule is CC1(C)C(=N)N[C@@]2(COCc3ccc([N+](=O)[O-])cc32)CS1(=O)=O. The number of hydrogen-bond donors (Lipinski definition) is 2. The highest BCUT2D eigenvalue weighted by molar-refractivity contribution is 7.93. The lowest BCUT2D eigenvalue weighted by atomic mass is 9.85. The van der Waals surface area contributed by atoms with Crippen molar-refractivity contribution in [2.75, 3.05) is 12.4 Å². The average Bonchev–Trinajstić information content (AvgIpc) is 2.45. The van der Waals surface area contributed by atoms with Crippen LogP contribution in [0, 0.1) is 15.5 Å². The Morgan fingerprint density at radius 2 is 2.09 bits per heavy atom. The molecule has 2 N–H and O–H groups in total. The number of rotatable bonds is 1. The van der Waals surface area contributed by atoms with E-state index in [0.29, 0.717) is 11.1 Å². The molecule has 2 heterocycles. The molecule has 1 atom stereocenters. The topological polar surface area (TPSA) is 122 Å². The highest BCUT2D eigenvalue weighted by Crippen LogP contribution is 2.39. The van der Waals surface area contributed by atoms with Gasteiger partial charge in [0.2, 0.25) is 0 Å². The molecule has 1 spiro atoms. The molecule has 2 aliphatic heterocycles. The van der Waals surface area contributed by atoms with Gasteiger partial charge >= 0.3 is 0 Å². The smallest absolute Gasteiger partial charge is 0.269 e. The van der Waals surface area contributed by atoms with Crippen LogP contribution in [0.2, 0.25) is 0 Å². The zero-order chi connectivity index (χ0) is 17.0. The molecule has 23 heavy (non-hydrogen) atoms. The van der Waals surface area contributed by atoms with E-state index in [4.69, 9.17) is 10.1 Å². The van der Waals surface area contributed by atoms with Crippen LogP contribution in [-0.2, 0) is 26.7 Å². The summed E-state index contributed by atoms with van der Waals surface area (Å²) in [4.78, 5) is 10.5. The zero-order valence-corrected chi connectivity index (χ0v) is 13.6. The number of non-ortho nitro benzene ring substituents is 1. The molecular weight excluding hydrogens is 322 g/mol. The highest BCUT2D eigenvalue weighted by Gasteiger charge is 2.54. The molecule has 0 bridgehead atoms. The van der Waals surface area contributed by atoms with Gasteiger partial charge in [0.25, 0.3) is 5.69 Å². The van der Waals surface area contributed by atoms with Gasteiger partial charge in [-0.3, -0.25) is 15.5 Å². The Balaban J connectivity index is 2.18. The molecule has 1 aromatic rings. The maximum Gasteiger partial charge on any atom is 0.269 e. The van der Waals surface area contributed by atoms with Crippen LogP contribution in [0.25, 0.3) is 0 Å². The molecule has 9 heteroatoms. The number of ether oxygens (including phenoxy) is 1. The molecule has 0 saturated carbocycles. The number of sulfone groups is 1. The summed E-state index contributed by atoms with van der Waals surface area (Å²) >= 11 is 0. The highest BCUT2D eigenvalue weighted by atomic mass is 32.2. The first kappa shape index (κ1) is 15.9. The van der Waals surface area contributed by atoms with Crippen molar-refractivity contribution in [1.29, 1.82) is 5.41 Å². The van der Waals surface area contributed by atoms with E-state index >= 15 is 0 Å². The largest absolute Gasteiger partial charge is 0.374 e. The van der Waals surface area contributed by atoms with Crippen molar-refractivity contribution >= 4 is 21.4 Å². The maximum atomic E-state index is 12.6. The molecule has 0 unspecified atom stereocenters. The van der Waals surface area contributed by atoms with E-state index in [0.717, 1.165) is 0 Å². The van der Waals surface area contributed by atoms with Crippen LogP contribution in [-0.4, -0.2) is 36.3 Å². The number of fused-ring (bicyclic) bond motifs is 2. The van der Waals surface area contributed by atoms with Gasteiger partial charge in [-0.25, -0.2) is 8.42 Å². The monoisotopic (exact) mass is 339 g/mol. The van der Waals surface area contributed by atoms with Gasteiger partial charge in [0.15, 0.2) is 9.84 Å². The van der Waals surface area contributed by atoms with Crippen LogP contribution >= 0.6 is 0 Å². The van der Waals surface area contributed by atoms with Gasteiger partial charge in [-0.05, 0) is 31.0 Å². The van der Waals surface area contributed by atoms with Crippen LogP contribution in [0.15, 0.2) is 18.2 Å². The summed E-state index contributed by atoms with van der Waals surface area (Å²) in [5, 5.41) is 22.1. The van der Waals surface area contributed by atoms with Gasteiger partial charge in [0.1, 0.15) is 16.1 Å². The van der Waals surface area contributed by atoms with Crippen molar-refractivity contribution in [3.8, 4) is 0 Å². The molecule has 1 fully saturated rings. The maximum absolute atomic E-state index is 12.6. The van der Waals surface area contributed by atoms with Gasteiger partial charge in [0, 0.05) is 12.1 Å². The van der Waals surface area contributed by atoms with E-state index in [1.54, 1.807) is 6.07 Å². The molecule has 0 aliphatic carbocycles. The van der Waals surface area contributed by atoms with Gasteiger partial charge < -0.3 is 10.1 Å². The quantitative estimate of drug-likeness (QED) is 0.583. The molecule has 0 radical (unpaired) electrons. The van der Waals surface area contributed by atoms with Gasteiger partial charge in [-0.15, -0.1) is 0 Å². The van der Waals surface area contributed by atoms with Crippen LogP contribution in [0.4, 0.5) is 5.69 Å². The number of benzene rings is 1. The Hall–Kier alpha value is -2.00. The van der Waals surface area contributed by atoms with E-state index in [1.807, 2.05) is 0 Å². The van der Waals surface area contributed by atoms with Crippen molar-refractivity contribution in [3.05, 3.63) is 39.4 Å². The van der Waals surface area contributed by atoms with Crippen molar-refractivity contribution in [1.82, 2.24) is 5.32 Å². The minimum absolute atomic E-state index is 0.0405. The second-order valence-corrected chi connectivity index (χ2v) is 8.98. The van der Waals surface area contributed by atoms with Crippen molar-refractivity contribution in [2.24, 2.45) is 0 Å². The Morgan fingerprint density at radius 1 is 1.39 bits per heavy atom. The molecule has 3 rings (SSSR count). The lowest BCUT2D eigenvalue weighted by Crippen LogP contribution is -2.67. The van der Waals surface area contributed by atoms with Gasteiger partial charge in [-0.2, -0.15) is 0 Å². The van der Waals surface area contributed by atoms with E-state index in [9.17, 15) is 18.5 Å². The number of nitrogens with one attached hydrogen (secondary N) is 2. The fraction of sp³-hybridized carbons (Fsp3) is 0.500. The normalized spacial score (nSPS) is 28.0. The second kappa shape index (κ2) is 4.75. The Morgan fingerprint density at radius 3 is 2.70 bits per heavy atom. The van der Waals surface area contributed by atoms with Gasteiger partial charge in [0.05, 0.1) is 23.9 Å². The fourth-order valence-electron chi connectivity index (χ4n) is 2.97. The summed E-state index contributed by atoms with van der Waals surface area (Å²) in [5.74, 6) is -0.407. The third-order valence-corrected chi connectivity index (χ3v) is 7.24. The summed E-state index contributed by atoms with van der Waals surface area (Å²) in [7, 11) is -3.63. The Kier molecular flexibility index (Phi) is 3.28. The van der Waals surface area contributed by atoms with Crippen molar-refractivity contribution < 1.29 is 18.1 Å².